The predicted octanol–water partition coefficient (Wildman–Crippen LogP) is 3.24. The molecule has 0 aliphatic rings. The van der Waals surface area contributed by atoms with E-state index >= 15 is 0 Å². The van der Waals surface area contributed by atoms with Crippen molar-refractivity contribution in [2.75, 3.05) is 0 Å². The van der Waals surface area contributed by atoms with Gasteiger partial charge < -0.3 is 0 Å². The fraction of sp³-hybridized carbons (Fsp3) is 0. The lowest BCUT2D eigenvalue weighted by molar-refractivity contribution is 0.942. The minimum absolute atomic E-state index is 0.483. The molecule has 0 radical (unpaired) electrons. The van der Waals surface area contributed by atoms with Crippen LogP contribution in [-0.4, -0.2) is 65.1 Å². The summed E-state index contributed by atoms with van der Waals surface area (Å²) in [6.07, 6.45) is 9.90. The van der Waals surface area contributed by atoms with Gasteiger partial charge in [-0.3, -0.25) is 20.2 Å². The van der Waals surface area contributed by atoms with Crippen molar-refractivity contribution in [1.29, 1.82) is 0 Å². The molecule has 0 fully saturated rings. The molecule has 0 aliphatic carbocycles. The van der Waals surface area contributed by atoms with E-state index in [0.717, 1.165) is 11.1 Å². The summed E-state index contributed by atoms with van der Waals surface area (Å²) in [4.78, 5) is 23.3. The van der Waals surface area contributed by atoms with Crippen LogP contribution in [0.1, 0.15) is 0 Å². The SMILES string of the molecule is c1cnnc(-c2nc3cc(-c4cc[nH]n4)c(-c4c[nH]nn4)c(-c4ncsn4)c3nc2-c2cnccn2)c1. The number of nitrogens with one attached hydrogen (secondary N) is 2. The molecule has 0 unspecified atom stereocenters. The van der Waals surface area contributed by atoms with Crippen molar-refractivity contribution in [3.05, 3.63) is 67.0 Å². The fourth-order valence-corrected chi connectivity index (χ4v) is 4.53. The lowest BCUT2D eigenvalue weighted by Gasteiger charge is -2.15. The highest BCUT2D eigenvalue weighted by molar-refractivity contribution is 7.03. The third-order valence-electron chi connectivity index (χ3n) is 5.62. The van der Waals surface area contributed by atoms with E-state index in [1.54, 1.807) is 48.8 Å². The summed E-state index contributed by atoms with van der Waals surface area (Å²) < 4.78 is 4.54. The molecule has 0 atom stereocenters. The lowest BCUT2D eigenvalue weighted by atomic mass is 9.93. The Morgan fingerprint density at radius 3 is 2.51 bits per heavy atom. The zero-order valence-corrected chi connectivity index (χ0v) is 19.5. The van der Waals surface area contributed by atoms with Crippen LogP contribution in [0.25, 0.3) is 67.7 Å². The average molecular weight is 504 g/mol. The Balaban J connectivity index is 1.65. The van der Waals surface area contributed by atoms with Crippen molar-refractivity contribution in [3.8, 4) is 56.7 Å². The second-order valence-electron chi connectivity index (χ2n) is 7.74. The van der Waals surface area contributed by atoms with Crippen LogP contribution in [0.15, 0.2) is 67.0 Å². The van der Waals surface area contributed by atoms with Gasteiger partial charge in [0.05, 0.1) is 29.2 Å². The molecule has 0 aliphatic heterocycles. The van der Waals surface area contributed by atoms with E-state index in [1.807, 2.05) is 18.2 Å². The van der Waals surface area contributed by atoms with Gasteiger partial charge in [0, 0.05) is 35.9 Å². The number of hydrogen-bond donors (Lipinski definition) is 2. The predicted molar refractivity (Wildman–Crippen MR) is 133 cm³/mol. The van der Waals surface area contributed by atoms with Crippen LogP contribution < -0.4 is 0 Å². The molecule has 2 N–H and O–H groups in total. The van der Waals surface area contributed by atoms with Gasteiger partial charge in [-0.05, 0) is 35.8 Å². The third-order valence-corrected chi connectivity index (χ3v) is 6.09. The van der Waals surface area contributed by atoms with Crippen LogP contribution in [0.2, 0.25) is 0 Å². The van der Waals surface area contributed by atoms with Crippen LogP contribution in [0.3, 0.4) is 0 Å². The molecule has 0 bridgehead atoms. The monoisotopic (exact) mass is 503 g/mol. The maximum Gasteiger partial charge on any atom is 0.175 e. The molecule has 0 amide bonds. The Bertz CT molecular complexity index is 1800. The Hall–Kier alpha value is -5.37. The highest BCUT2D eigenvalue weighted by atomic mass is 32.1. The van der Waals surface area contributed by atoms with Gasteiger partial charge in [-0.15, -0.1) is 10.2 Å². The molecule has 7 rings (SSSR count). The van der Waals surface area contributed by atoms with E-state index < -0.39 is 0 Å². The van der Waals surface area contributed by atoms with Crippen LogP contribution in [0.5, 0.6) is 0 Å². The van der Waals surface area contributed by atoms with Gasteiger partial charge in [-0.25, -0.2) is 15.0 Å². The van der Waals surface area contributed by atoms with Gasteiger partial charge >= 0.3 is 0 Å². The minimum atomic E-state index is 0.483. The summed E-state index contributed by atoms with van der Waals surface area (Å²) in [6.45, 7) is 0. The standard InChI is InChI=1S/C23H13N13S/c1-2-14(33-27-4-1)21-22(17-9-24-6-7-25-17)31-20-15(30-21)8-12(13-3-5-28-32-13)18(16-10-29-36-34-16)19(20)23-26-11-37-35-23/h1-11H,(H,28,32)(H,29,34,36). The first-order chi connectivity index (χ1) is 18.4. The third kappa shape index (κ3) is 3.59. The molecule has 1 aromatic carbocycles. The maximum atomic E-state index is 5.08. The molecule has 7 aromatic rings. The first-order valence-electron chi connectivity index (χ1n) is 10.9. The number of rotatable bonds is 5. The van der Waals surface area contributed by atoms with Gasteiger partial charge in [0.2, 0.25) is 0 Å². The van der Waals surface area contributed by atoms with Crippen LogP contribution in [0, 0.1) is 0 Å². The first-order valence-corrected chi connectivity index (χ1v) is 11.8. The van der Waals surface area contributed by atoms with Crippen molar-refractivity contribution >= 4 is 22.6 Å². The van der Waals surface area contributed by atoms with Crippen LogP contribution in [0.4, 0.5) is 0 Å². The van der Waals surface area contributed by atoms with E-state index in [9.17, 15) is 0 Å². The minimum Gasteiger partial charge on any atom is -0.285 e. The van der Waals surface area contributed by atoms with Crippen molar-refractivity contribution in [2.45, 2.75) is 0 Å². The second kappa shape index (κ2) is 8.69. The number of benzene rings is 1. The van der Waals surface area contributed by atoms with Crippen LogP contribution in [-0.2, 0) is 0 Å². The zero-order valence-electron chi connectivity index (χ0n) is 18.7. The summed E-state index contributed by atoms with van der Waals surface area (Å²) in [7, 11) is 0. The number of aromatic nitrogens is 13. The topological polar surface area (TPSA) is 173 Å². The number of aromatic amines is 2. The normalized spacial score (nSPS) is 11.2. The highest BCUT2D eigenvalue weighted by Crippen LogP contribution is 2.43. The van der Waals surface area contributed by atoms with Gasteiger partial charge in [-0.1, -0.05) is 5.21 Å². The molecule has 6 aromatic heterocycles. The van der Waals surface area contributed by atoms with E-state index in [4.69, 9.17) is 9.97 Å². The molecule has 0 saturated carbocycles. The number of fused-ring (bicyclic) bond motifs is 1. The molecule has 6 heterocycles. The Morgan fingerprint density at radius 1 is 0.811 bits per heavy atom. The molecule has 13 nitrogen and oxygen atoms in total. The molecule has 0 saturated heterocycles. The highest BCUT2D eigenvalue weighted by Gasteiger charge is 2.26. The summed E-state index contributed by atoms with van der Waals surface area (Å²) in [5.74, 6) is 0.483. The number of hydrogen-bond acceptors (Lipinski definition) is 12. The van der Waals surface area contributed by atoms with Crippen molar-refractivity contribution in [1.82, 2.24) is 65.1 Å². The summed E-state index contributed by atoms with van der Waals surface area (Å²) >= 11 is 1.24. The van der Waals surface area contributed by atoms with Gasteiger partial charge in [0.15, 0.2) is 5.82 Å². The molecular formula is C23H13N13S. The smallest absolute Gasteiger partial charge is 0.175 e. The van der Waals surface area contributed by atoms with E-state index in [-0.39, 0.29) is 0 Å². The number of nitrogens with zero attached hydrogens (tertiary/aromatic N) is 11. The maximum absolute atomic E-state index is 5.08. The molecule has 0 spiro atoms. The van der Waals surface area contributed by atoms with E-state index in [0.29, 0.717) is 56.6 Å². The number of H-pyrrole nitrogens is 2. The van der Waals surface area contributed by atoms with Gasteiger partial charge in [-0.2, -0.15) is 14.6 Å². The molecular weight excluding hydrogens is 490 g/mol. The van der Waals surface area contributed by atoms with Gasteiger partial charge in [0.25, 0.3) is 0 Å². The Morgan fingerprint density at radius 2 is 1.78 bits per heavy atom. The molecule has 37 heavy (non-hydrogen) atoms. The quantitative estimate of drug-likeness (QED) is 0.353. The van der Waals surface area contributed by atoms with Crippen LogP contribution >= 0.6 is 11.5 Å². The van der Waals surface area contributed by atoms with Gasteiger partial charge in [0.1, 0.15) is 39.5 Å². The average Bonchev–Trinajstić information content (AvgIpc) is 3.76. The van der Waals surface area contributed by atoms with E-state index in [2.05, 4.69) is 55.1 Å². The second-order valence-corrected chi connectivity index (χ2v) is 8.34. The Labute approximate surface area is 211 Å². The summed E-state index contributed by atoms with van der Waals surface area (Å²) in [6, 6.07) is 7.40. The lowest BCUT2D eigenvalue weighted by Crippen LogP contribution is -2.03. The largest absolute Gasteiger partial charge is 0.285 e. The van der Waals surface area contributed by atoms with Crippen molar-refractivity contribution < 1.29 is 0 Å². The zero-order chi connectivity index (χ0) is 24.6. The fourth-order valence-electron chi connectivity index (χ4n) is 4.10. The van der Waals surface area contributed by atoms with E-state index in [1.165, 1.54) is 11.5 Å². The first kappa shape index (κ1) is 21.0. The van der Waals surface area contributed by atoms with Crippen molar-refractivity contribution in [2.24, 2.45) is 0 Å². The van der Waals surface area contributed by atoms with Crippen molar-refractivity contribution in [3.63, 3.8) is 0 Å². The summed E-state index contributed by atoms with van der Waals surface area (Å²) in [5.41, 5.74) is 8.32. The molecule has 176 valence electrons. The molecule has 14 heteroatoms. The Kier molecular flexibility index (Phi) is 4.92. The summed E-state index contributed by atoms with van der Waals surface area (Å²) in [5, 5.41) is 26.6.